The van der Waals surface area contributed by atoms with Crippen LogP contribution in [0.15, 0.2) is 12.1 Å². The Morgan fingerprint density at radius 1 is 1.50 bits per heavy atom. The van der Waals surface area contributed by atoms with Gasteiger partial charge in [0, 0.05) is 12.3 Å². The van der Waals surface area contributed by atoms with Gasteiger partial charge in [-0.3, -0.25) is 0 Å². The fourth-order valence-corrected chi connectivity index (χ4v) is 1.70. The minimum Gasteiger partial charge on any atom is -0.478 e. The van der Waals surface area contributed by atoms with E-state index in [4.69, 9.17) is 16.7 Å². The van der Waals surface area contributed by atoms with E-state index in [9.17, 15) is 18.0 Å². The van der Waals surface area contributed by atoms with E-state index in [0.717, 1.165) is 6.07 Å². The average molecular weight is 301 g/mol. The first-order chi connectivity index (χ1) is 8.28. The lowest BCUT2D eigenvalue weighted by molar-refractivity contribution is -0.0327. The van der Waals surface area contributed by atoms with E-state index < -0.39 is 11.5 Å². The number of nitrogens with zero attached hydrogens (tertiary/aromatic N) is 1. The molecule has 0 aliphatic carbocycles. The van der Waals surface area contributed by atoms with Crippen molar-refractivity contribution in [3.8, 4) is 0 Å². The summed E-state index contributed by atoms with van der Waals surface area (Å²) in [7, 11) is 0. The van der Waals surface area contributed by atoms with E-state index >= 15 is 0 Å². The highest BCUT2D eigenvalue weighted by Crippen LogP contribution is 2.29. The van der Waals surface area contributed by atoms with Crippen LogP contribution >= 0.6 is 23.4 Å². The van der Waals surface area contributed by atoms with Gasteiger partial charge in [-0.2, -0.15) is 13.2 Å². The monoisotopic (exact) mass is 300 g/mol. The summed E-state index contributed by atoms with van der Waals surface area (Å²) in [5.41, 5.74) is -4.36. The number of alkyl halides is 3. The van der Waals surface area contributed by atoms with Crippen molar-refractivity contribution in [2.24, 2.45) is 0 Å². The Bertz CT molecular complexity index is 442. The molecule has 0 unspecified atom stereocenters. The van der Waals surface area contributed by atoms with Gasteiger partial charge in [-0.15, -0.1) is 0 Å². The predicted octanol–water partition coefficient (Wildman–Crippen LogP) is 3.10. The lowest BCUT2D eigenvalue weighted by Gasteiger charge is -2.08. The molecule has 0 aromatic carbocycles. The lowest BCUT2D eigenvalue weighted by atomic mass is 10.2. The summed E-state index contributed by atoms with van der Waals surface area (Å²) < 4.78 is 35.5. The van der Waals surface area contributed by atoms with Crippen molar-refractivity contribution in [2.45, 2.75) is 5.51 Å². The Labute approximate surface area is 110 Å². The molecule has 2 N–H and O–H groups in total. The molecule has 9 heteroatoms. The van der Waals surface area contributed by atoms with Crippen LogP contribution in [0.3, 0.4) is 0 Å². The molecular formula is C9H8ClF3N2O2S. The Balaban J connectivity index is 2.55. The summed E-state index contributed by atoms with van der Waals surface area (Å²) in [6, 6.07) is 2.35. The second-order valence-electron chi connectivity index (χ2n) is 3.09. The largest absolute Gasteiger partial charge is 0.478 e. The van der Waals surface area contributed by atoms with Crippen LogP contribution in [0.4, 0.5) is 19.0 Å². The molecule has 1 aromatic rings. The normalized spacial score (nSPS) is 11.3. The van der Waals surface area contributed by atoms with Crippen molar-refractivity contribution >= 4 is 35.1 Å². The van der Waals surface area contributed by atoms with Crippen LogP contribution < -0.4 is 5.32 Å². The van der Waals surface area contributed by atoms with E-state index in [2.05, 4.69) is 10.3 Å². The predicted molar refractivity (Wildman–Crippen MR) is 63.2 cm³/mol. The van der Waals surface area contributed by atoms with Gasteiger partial charge in [0.25, 0.3) is 0 Å². The highest BCUT2D eigenvalue weighted by atomic mass is 35.5. The zero-order valence-corrected chi connectivity index (χ0v) is 10.4. The van der Waals surface area contributed by atoms with Gasteiger partial charge in [-0.05, 0) is 23.9 Å². The summed E-state index contributed by atoms with van der Waals surface area (Å²) in [4.78, 5) is 14.5. The second kappa shape index (κ2) is 6.14. The highest BCUT2D eigenvalue weighted by molar-refractivity contribution is 8.00. The average Bonchev–Trinajstić information content (AvgIpc) is 2.22. The number of rotatable bonds is 5. The van der Waals surface area contributed by atoms with Gasteiger partial charge in [-0.25, -0.2) is 9.78 Å². The van der Waals surface area contributed by atoms with Gasteiger partial charge < -0.3 is 10.4 Å². The van der Waals surface area contributed by atoms with Crippen molar-refractivity contribution in [1.82, 2.24) is 4.98 Å². The molecule has 0 aliphatic rings. The fourth-order valence-electron chi connectivity index (χ4n) is 1.06. The number of thioether (sulfide) groups is 1. The van der Waals surface area contributed by atoms with Crippen molar-refractivity contribution in [3.05, 3.63) is 22.8 Å². The minimum absolute atomic E-state index is 0.00339. The number of halogens is 4. The summed E-state index contributed by atoms with van der Waals surface area (Å²) in [6.45, 7) is -0.00339. The van der Waals surface area contributed by atoms with Gasteiger partial charge in [0.15, 0.2) is 0 Å². The standard InChI is InChI=1S/C9H8ClF3N2O2S/c10-6-3-5(8(16)17)4-7(15-6)14-1-2-18-9(11,12)13/h3-4H,1-2H2,(H,14,15)(H,16,17). The number of carbonyl (C=O) groups is 1. The molecule has 0 aliphatic heterocycles. The summed E-state index contributed by atoms with van der Waals surface area (Å²) in [5.74, 6) is -1.27. The maximum absolute atomic E-state index is 11.8. The third-order valence-electron chi connectivity index (χ3n) is 1.71. The number of carboxylic acids is 1. The Hall–Kier alpha value is -1.15. The molecule has 0 radical (unpaired) electrons. The molecular weight excluding hydrogens is 293 g/mol. The second-order valence-corrected chi connectivity index (χ2v) is 4.64. The molecule has 1 heterocycles. The summed E-state index contributed by atoms with van der Waals surface area (Å²) in [5, 5.41) is 11.3. The molecule has 100 valence electrons. The molecule has 0 fully saturated rings. The number of hydrogen-bond acceptors (Lipinski definition) is 4. The Kier molecular flexibility index (Phi) is 5.09. The molecule has 0 spiro atoms. The number of anilines is 1. The molecule has 0 atom stereocenters. The number of carboxylic acid groups (broad SMARTS) is 1. The van der Waals surface area contributed by atoms with Crippen LogP contribution in [0.25, 0.3) is 0 Å². The zero-order chi connectivity index (χ0) is 13.8. The SMILES string of the molecule is O=C(O)c1cc(Cl)nc(NCCSC(F)(F)F)c1. The van der Waals surface area contributed by atoms with Gasteiger partial charge in [-0.1, -0.05) is 11.6 Å². The smallest absolute Gasteiger partial charge is 0.441 e. The van der Waals surface area contributed by atoms with E-state index in [1.807, 2.05) is 0 Å². The molecule has 0 saturated heterocycles. The number of nitrogens with one attached hydrogen (secondary N) is 1. The van der Waals surface area contributed by atoms with E-state index in [1.54, 1.807) is 0 Å². The molecule has 18 heavy (non-hydrogen) atoms. The fraction of sp³-hybridized carbons (Fsp3) is 0.333. The van der Waals surface area contributed by atoms with Gasteiger partial charge >= 0.3 is 11.5 Å². The van der Waals surface area contributed by atoms with Crippen molar-refractivity contribution < 1.29 is 23.1 Å². The quantitative estimate of drug-likeness (QED) is 0.646. The van der Waals surface area contributed by atoms with Crippen molar-refractivity contribution in [1.29, 1.82) is 0 Å². The van der Waals surface area contributed by atoms with E-state index in [1.165, 1.54) is 6.07 Å². The number of pyridine rings is 1. The summed E-state index contributed by atoms with van der Waals surface area (Å²) >= 11 is 5.41. The number of hydrogen-bond donors (Lipinski definition) is 2. The topological polar surface area (TPSA) is 62.2 Å². The minimum atomic E-state index is -4.28. The van der Waals surface area contributed by atoms with Crippen LogP contribution in [0.5, 0.6) is 0 Å². The van der Waals surface area contributed by atoms with Crippen LogP contribution in [-0.2, 0) is 0 Å². The summed E-state index contributed by atoms with van der Waals surface area (Å²) in [6.07, 6.45) is 0. The number of aromatic carboxylic acids is 1. The maximum Gasteiger partial charge on any atom is 0.441 e. The van der Waals surface area contributed by atoms with Gasteiger partial charge in [0.2, 0.25) is 0 Å². The third-order valence-corrected chi connectivity index (χ3v) is 2.64. The molecule has 0 amide bonds. The van der Waals surface area contributed by atoms with Crippen LogP contribution in [0.2, 0.25) is 5.15 Å². The first-order valence-corrected chi connectivity index (χ1v) is 6.00. The maximum atomic E-state index is 11.8. The van der Waals surface area contributed by atoms with E-state index in [0.29, 0.717) is 0 Å². The third kappa shape index (κ3) is 5.46. The van der Waals surface area contributed by atoms with Crippen molar-refractivity contribution in [2.75, 3.05) is 17.6 Å². The van der Waals surface area contributed by atoms with Crippen molar-refractivity contribution in [3.63, 3.8) is 0 Å². The zero-order valence-electron chi connectivity index (χ0n) is 8.79. The first kappa shape index (κ1) is 14.9. The van der Waals surface area contributed by atoms with Gasteiger partial charge in [0.1, 0.15) is 11.0 Å². The molecule has 0 bridgehead atoms. The van der Waals surface area contributed by atoms with E-state index in [-0.39, 0.29) is 40.6 Å². The molecule has 0 saturated carbocycles. The lowest BCUT2D eigenvalue weighted by Crippen LogP contribution is -2.11. The van der Waals surface area contributed by atoms with Crippen LogP contribution in [0, 0.1) is 0 Å². The number of aromatic nitrogens is 1. The van der Waals surface area contributed by atoms with Crippen LogP contribution in [-0.4, -0.2) is 33.9 Å². The molecule has 4 nitrogen and oxygen atoms in total. The highest BCUT2D eigenvalue weighted by Gasteiger charge is 2.27. The molecule has 1 rings (SSSR count). The Morgan fingerprint density at radius 2 is 2.17 bits per heavy atom. The van der Waals surface area contributed by atoms with Crippen LogP contribution in [0.1, 0.15) is 10.4 Å². The first-order valence-electron chi connectivity index (χ1n) is 4.63. The Morgan fingerprint density at radius 3 is 2.72 bits per heavy atom. The van der Waals surface area contributed by atoms with Gasteiger partial charge in [0.05, 0.1) is 5.56 Å². The molecule has 1 aromatic heterocycles.